The lowest BCUT2D eigenvalue weighted by Gasteiger charge is -2.17. The molecule has 13 heteroatoms. The molecule has 0 saturated carbocycles. The highest BCUT2D eigenvalue weighted by Gasteiger charge is 2.30. The van der Waals surface area contributed by atoms with Crippen LogP contribution < -0.4 is 10.6 Å². The second-order valence-electron chi connectivity index (χ2n) is 7.47. The minimum atomic E-state index is -0.579. The van der Waals surface area contributed by atoms with Gasteiger partial charge < -0.3 is 10.6 Å². The Bertz CT molecular complexity index is 1080. The summed E-state index contributed by atoms with van der Waals surface area (Å²) in [5.41, 5.74) is 1.11. The van der Waals surface area contributed by atoms with Crippen molar-refractivity contribution in [2.45, 2.75) is 46.6 Å². The normalized spacial score (nSPS) is 10.3. The van der Waals surface area contributed by atoms with Gasteiger partial charge in [0.15, 0.2) is 5.69 Å². The summed E-state index contributed by atoms with van der Waals surface area (Å²) >= 11 is 11.5. The van der Waals surface area contributed by atoms with Crippen LogP contribution >= 0.6 is 23.2 Å². The van der Waals surface area contributed by atoms with Gasteiger partial charge in [-0.15, -0.1) is 0 Å². The van der Waals surface area contributed by atoms with Gasteiger partial charge in [-0.25, -0.2) is 9.86 Å². The van der Waals surface area contributed by atoms with Crippen molar-refractivity contribution in [3.05, 3.63) is 65.7 Å². The van der Waals surface area contributed by atoms with Gasteiger partial charge in [0.25, 0.3) is 5.69 Å². The van der Waals surface area contributed by atoms with Crippen molar-refractivity contribution in [1.29, 1.82) is 0 Å². The van der Waals surface area contributed by atoms with E-state index in [1.54, 1.807) is 32.0 Å². The molecule has 0 radical (unpaired) electrons. The van der Waals surface area contributed by atoms with Crippen molar-refractivity contribution in [3.63, 3.8) is 0 Å². The number of amides is 2. The van der Waals surface area contributed by atoms with E-state index in [1.165, 1.54) is 20.2 Å². The molecule has 0 saturated heterocycles. The maximum atomic E-state index is 11.4. The van der Waals surface area contributed by atoms with E-state index in [2.05, 4.69) is 10.6 Å². The molecule has 0 aliphatic rings. The van der Waals surface area contributed by atoms with Crippen LogP contribution in [0.5, 0.6) is 0 Å². The van der Waals surface area contributed by atoms with Gasteiger partial charge in [-0.05, 0) is 50.5 Å². The fourth-order valence-electron chi connectivity index (χ4n) is 2.95. The van der Waals surface area contributed by atoms with Crippen LogP contribution in [0.2, 0.25) is 10.0 Å². The second-order valence-corrected chi connectivity index (χ2v) is 8.29. The highest BCUT2D eigenvalue weighted by molar-refractivity contribution is 6.42. The minimum Gasteiger partial charge on any atom is -0.371 e. The van der Waals surface area contributed by atoms with E-state index in [4.69, 9.17) is 28.0 Å². The molecule has 0 spiro atoms. The predicted octanol–water partition coefficient (Wildman–Crippen LogP) is 6.74. The molecule has 0 heterocycles. The maximum Gasteiger partial charge on any atom is 0.345 e. The summed E-state index contributed by atoms with van der Waals surface area (Å²) in [4.78, 5) is 37.4. The first kappa shape index (κ1) is 29.9. The minimum absolute atomic E-state index is 0.0109. The Hall–Kier alpha value is -3.15. The number of hydrogen-bond donors (Lipinski definition) is 2. The maximum absolute atomic E-state index is 11.4. The smallest absolute Gasteiger partial charge is 0.345 e. The molecule has 2 aromatic rings. The van der Waals surface area contributed by atoms with Gasteiger partial charge >= 0.3 is 11.7 Å². The molecule has 0 aromatic heterocycles. The molecule has 2 rings (SSSR count). The number of nitrogens with one attached hydrogen (secondary N) is 2. The fraction of sp³-hybridized carbons (Fsp3) is 0.409. The third-order valence-corrected chi connectivity index (χ3v) is 5.98. The zero-order valence-electron chi connectivity index (χ0n) is 20.3. The fourth-order valence-corrected chi connectivity index (χ4v) is 3.25. The Labute approximate surface area is 213 Å². The molecular formula is C22H29Cl2N5O6. The van der Waals surface area contributed by atoms with E-state index in [-0.39, 0.29) is 23.1 Å². The summed E-state index contributed by atoms with van der Waals surface area (Å²) in [6.45, 7) is 7.10. The van der Waals surface area contributed by atoms with Gasteiger partial charge in [0.1, 0.15) is 0 Å². The van der Waals surface area contributed by atoms with Crippen molar-refractivity contribution in [3.8, 4) is 0 Å². The molecular weight excluding hydrogens is 501 g/mol. The molecule has 0 unspecified atom stereocenters. The highest BCUT2D eigenvalue weighted by atomic mass is 35.5. The van der Waals surface area contributed by atoms with Gasteiger partial charge in [0.05, 0.1) is 27.0 Å². The van der Waals surface area contributed by atoms with Crippen molar-refractivity contribution in [1.82, 2.24) is 5.06 Å². The van der Waals surface area contributed by atoms with E-state index in [1.807, 2.05) is 13.8 Å². The number of nitro benzene ring substituents is 2. The lowest BCUT2D eigenvalue weighted by Crippen LogP contribution is -2.30. The summed E-state index contributed by atoms with van der Waals surface area (Å²) in [7, 11) is 2.89. The summed E-state index contributed by atoms with van der Waals surface area (Å²) < 4.78 is 0. The SMILES string of the molecule is CCC(CC)Nc1c([N+](=O)[O-])cc(C)c(C)c1[N+](=O)[O-].CON(C)C(=O)Nc1ccc(Cl)c(Cl)c1. The summed E-state index contributed by atoms with van der Waals surface area (Å²) in [5, 5.41) is 29.9. The predicted molar refractivity (Wildman–Crippen MR) is 137 cm³/mol. The Morgan fingerprint density at radius 1 is 1.09 bits per heavy atom. The van der Waals surface area contributed by atoms with E-state index < -0.39 is 15.9 Å². The van der Waals surface area contributed by atoms with Crippen molar-refractivity contribution >= 4 is 52.0 Å². The van der Waals surface area contributed by atoms with Gasteiger partial charge in [-0.3, -0.25) is 25.1 Å². The monoisotopic (exact) mass is 529 g/mol. The second kappa shape index (κ2) is 13.7. The molecule has 0 fully saturated rings. The molecule has 0 aliphatic heterocycles. The lowest BCUT2D eigenvalue weighted by atomic mass is 10.0. The number of anilines is 2. The van der Waals surface area contributed by atoms with E-state index in [9.17, 15) is 25.0 Å². The van der Waals surface area contributed by atoms with Gasteiger partial charge in [0.2, 0.25) is 0 Å². The van der Waals surface area contributed by atoms with Crippen LogP contribution in [-0.2, 0) is 4.84 Å². The first-order valence-corrected chi connectivity index (χ1v) is 11.4. The van der Waals surface area contributed by atoms with E-state index >= 15 is 0 Å². The molecule has 2 N–H and O–H groups in total. The number of hydrogen-bond acceptors (Lipinski definition) is 7. The van der Waals surface area contributed by atoms with Crippen LogP contribution in [0.25, 0.3) is 0 Å². The number of benzene rings is 2. The molecule has 192 valence electrons. The zero-order valence-corrected chi connectivity index (χ0v) is 21.9. The third-order valence-electron chi connectivity index (χ3n) is 5.24. The average molecular weight is 530 g/mol. The Morgan fingerprint density at radius 2 is 1.69 bits per heavy atom. The Kier molecular flexibility index (Phi) is 11.7. The van der Waals surface area contributed by atoms with Crippen LogP contribution in [0.4, 0.5) is 27.5 Å². The van der Waals surface area contributed by atoms with Gasteiger partial charge in [0, 0.05) is 30.4 Å². The topological polar surface area (TPSA) is 140 Å². The number of halogens is 2. The summed E-state index contributed by atoms with van der Waals surface area (Å²) in [6, 6.07) is 5.77. The number of nitrogens with zero attached hydrogens (tertiary/aromatic N) is 3. The molecule has 2 aromatic carbocycles. The number of nitro groups is 2. The standard InChI is InChI=1S/C13H19N3O4.C9H10Cl2N2O2/c1-5-10(6-2)14-12-11(15(17)18)7-8(3)9(4)13(12)16(19)20;1-13(15-2)9(14)12-6-3-4-7(10)8(11)5-6/h7,10,14H,5-6H2,1-4H3;3-5H,1-2H3,(H,12,14). The molecule has 2 amide bonds. The number of urea groups is 1. The Balaban J connectivity index is 0.000000365. The number of carbonyl (C=O) groups excluding carboxylic acids is 1. The number of hydroxylamine groups is 2. The average Bonchev–Trinajstić information content (AvgIpc) is 2.81. The van der Waals surface area contributed by atoms with Crippen LogP contribution in [-0.4, -0.2) is 41.1 Å². The van der Waals surface area contributed by atoms with E-state index in [0.717, 1.165) is 17.9 Å². The highest BCUT2D eigenvalue weighted by Crippen LogP contribution is 2.39. The molecule has 0 aliphatic carbocycles. The number of rotatable bonds is 8. The number of carbonyl (C=O) groups is 1. The van der Waals surface area contributed by atoms with Crippen LogP contribution in [0.1, 0.15) is 37.8 Å². The Morgan fingerprint density at radius 3 is 2.14 bits per heavy atom. The summed E-state index contributed by atoms with van der Waals surface area (Å²) in [5.74, 6) is 0. The van der Waals surface area contributed by atoms with Crippen LogP contribution in [0.15, 0.2) is 24.3 Å². The molecule has 0 bridgehead atoms. The van der Waals surface area contributed by atoms with Crippen LogP contribution in [0, 0.1) is 34.1 Å². The molecule has 35 heavy (non-hydrogen) atoms. The third kappa shape index (κ3) is 8.23. The van der Waals surface area contributed by atoms with Crippen LogP contribution in [0.3, 0.4) is 0 Å². The van der Waals surface area contributed by atoms with Crippen molar-refractivity contribution in [2.24, 2.45) is 0 Å². The quantitative estimate of drug-likeness (QED) is 0.285. The molecule has 0 atom stereocenters. The van der Waals surface area contributed by atoms with Gasteiger partial charge in [-0.2, -0.15) is 0 Å². The van der Waals surface area contributed by atoms with Gasteiger partial charge in [-0.1, -0.05) is 37.0 Å². The first-order chi connectivity index (χ1) is 16.4. The molecule has 11 nitrogen and oxygen atoms in total. The van der Waals surface area contributed by atoms with Crippen molar-refractivity contribution < 1.29 is 19.5 Å². The number of aryl methyl sites for hydroxylation is 1. The summed E-state index contributed by atoms with van der Waals surface area (Å²) in [6.07, 6.45) is 1.47. The van der Waals surface area contributed by atoms with E-state index in [0.29, 0.717) is 26.9 Å². The van der Waals surface area contributed by atoms with Crippen molar-refractivity contribution in [2.75, 3.05) is 24.8 Å². The zero-order chi connectivity index (χ0) is 26.9. The lowest BCUT2D eigenvalue weighted by molar-refractivity contribution is -0.392. The first-order valence-electron chi connectivity index (χ1n) is 10.6. The largest absolute Gasteiger partial charge is 0.371 e.